The summed E-state index contributed by atoms with van der Waals surface area (Å²) >= 11 is 0. The molecule has 164 valence electrons. The van der Waals surface area contributed by atoms with Crippen LogP contribution in [0.15, 0.2) is 27.6 Å². The number of aromatic carboxylic acids is 1. The van der Waals surface area contributed by atoms with Crippen molar-refractivity contribution in [3.63, 3.8) is 0 Å². The monoisotopic (exact) mass is 426 g/mol. The molecule has 2 aromatic rings. The molecule has 0 spiro atoms. The van der Waals surface area contributed by atoms with Crippen LogP contribution in [-0.4, -0.2) is 28.4 Å². The predicted octanol–water partition coefficient (Wildman–Crippen LogP) is 3.82. The molecular weight excluding hydrogens is 400 g/mol. The minimum Gasteiger partial charge on any atom is -0.507 e. The van der Waals surface area contributed by atoms with E-state index in [2.05, 4.69) is 0 Å². The predicted molar refractivity (Wildman–Crippen MR) is 111 cm³/mol. The molecule has 3 N–H and O–H groups in total. The highest BCUT2D eigenvalue weighted by atomic mass is 16.5. The number of rotatable bonds is 5. The summed E-state index contributed by atoms with van der Waals surface area (Å²) in [6.45, 7) is 0. The van der Waals surface area contributed by atoms with Gasteiger partial charge in [-0.2, -0.15) is 0 Å². The molecule has 4 fully saturated rings. The topological polar surface area (TPSA) is 117 Å². The first-order valence-electron chi connectivity index (χ1n) is 10.8. The highest BCUT2D eigenvalue weighted by molar-refractivity contribution is 5.92. The first-order chi connectivity index (χ1) is 14.8. The number of phenols is 1. The summed E-state index contributed by atoms with van der Waals surface area (Å²) in [7, 11) is 1.52. The maximum atomic E-state index is 12.0. The Labute approximate surface area is 179 Å². The van der Waals surface area contributed by atoms with Crippen molar-refractivity contribution < 1.29 is 29.3 Å². The second-order valence-corrected chi connectivity index (χ2v) is 9.61. The van der Waals surface area contributed by atoms with Gasteiger partial charge in [0.05, 0.1) is 7.11 Å². The van der Waals surface area contributed by atoms with Crippen LogP contribution in [0, 0.1) is 17.8 Å². The molecule has 6 rings (SSSR count). The van der Waals surface area contributed by atoms with E-state index in [-0.39, 0.29) is 28.9 Å². The Morgan fingerprint density at radius 3 is 2.26 bits per heavy atom. The Bertz CT molecular complexity index is 1080. The van der Waals surface area contributed by atoms with Crippen LogP contribution in [0.5, 0.6) is 17.2 Å². The maximum Gasteiger partial charge on any atom is 0.339 e. The van der Waals surface area contributed by atoms with Crippen LogP contribution in [-0.2, 0) is 11.8 Å². The standard InChI is InChI=1S/C24H26O7/c1-30-22-16(5-15-6-19(25)20(26)11-31-15)21(27)17(23(28)29)7-18(22)24-8-12-2-13(9-24)4-14(3-12)10-24/h6-7,11-14,26-27H,2-5,8-10H2,1H3,(H,28,29). The smallest absolute Gasteiger partial charge is 0.339 e. The minimum atomic E-state index is -1.21. The Hall–Kier alpha value is -2.96. The Morgan fingerprint density at radius 2 is 1.74 bits per heavy atom. The van der Waals surface area contributed by atoms with Crippen molar-refractivity contribution in [3.8, 4) is 17.2 Å². The van der Waals surface area contributed by atoms with Gasteiger partial charge < -0.3 is 24.5 Å². The lowest BCUT2D eigenvalue weighted by Gasteiger charge is -2.57. The first kappa shape index (κ1) is 20.0. The lowest BCUT2D eigenvalue weighted by atomic mass is 9.48. The highest BCUT2D eigenvalue weighted by Gasteiger charge is 2.53. The number of ether oxygens (including phenoxy) is 1. The lowest BCUT2D eigenvalue weighted by molar-refractivity contribution is -0.00626. The van der Waals surface area contributed by atoms with Gasteiger partial charge in [-0.3, -0.25) is 4.79 Å². The molecule has 7 nitrogen and oxygen atoms in total. The number of hydrogen-bond donors (Lipinski definition) is 3. The number of hydrogen-bond acceptors (Lipinski definition) is 6. The molecule has 31 heavy (non-hydrogen) atoms. The van der Waals surface area contributed by atoms with Gasteiger partial charge in [-0.1, -0.05) is 0 Å². The number of carbonyl (C=O) groups is 1. The molecule has 4 bridgehead atoms. The van der Waals surface area contributed by atoms with Crippen LogP contribution in [0.2, 0.25) is 0 Å². The average molecular weight is 426 g/mol. The summed E-state index contributed by atoms with van der Waals surface area (Å²) < 4.78 is 11.1. The van der Waals surface area contributed by atoms with Crippen molar-refractivity contribution >= 4 is 5.97 Å². The van der Waals surface area contributed by atoms with E-state index in [4.69, 9.17) is 9.15 Å². The third-order valence-corrected chi connectivity index (χ3v) is 7.61. The fourth-order valence-electron chi connectivity index (χ4n) is 6.82. The molecule has 1 heterocycles. The van der Waals surface area contributed by atoms with Gasteiger partial charge in [0.25, 0.3) is 0 Å². The molecule has 4 saturated carbocycles. The second kappa shape index (κ2) is 7.04. The van der Waals surface area contributed by atoms with Gasteiger partial charge in [-0.25, -0.2) is 4.79 Å². The van der Waals surface area contributed by atoms with Crippen molar-refractivity contribution in [1.29, 1.82) is 0 Å². The zero-order valence-corrected chi connectivity index (χ0v) is 17.4. The van der Waals surface area contributed by atoms with Crippen molar-refractivity contribution in [2.45, 2.75) is 50.4 Å². The summed E-state index contributed by atoms with van der Waals surface area (Å²) in [4.78, 5) is 23.8. The number of carboxylic acid groups (broad SMARTS) is 1. The molecule has 4 aliphatic carbocycles. The molecule has 7 heteroatoms. The number of carboxylic acids is 1. The summed E-state index contributed by atoms with van der Waals surface area (Å²) in [5.74, 6) is 0.530. The minimum absolute atomic E-state index is 0.0228. The van der Waals surface area contributed by atoms with Crippen molar-refractivity contribution in [1.82, 2.24) is 0 Å². The molecule has 0 unspecified atom stereocenters. The van der Waals surface area contributed by atoms with E-state index in [9.17, 15) is 24.9 Å². The van der Waals surface area contributed by atoms with Crippen molar-refractivity contribution in [2.24, 2.45) is 17.8 Å². The van der Waals surface area contributed by atoms with Gasteiger partial charge in [0.15, 0.2) is 5.75 Å². The third kappa shape index (κ3) is 3.18. The fraction of sp³-hybridized carbons (Fsp3) is 0.500. The first-order valence-corrected chi connectivity index (χ1v) is 10.8. The van der Waals surface area contributed by atoms with Crippen LogP contribution < -0.4 is 10.2 Å². The molecular formula is C24H26O7. The molecule has 0 atom stereocenters. The largest absolute Gasteiger partial charge is 0.507 e. The number of methoxy groups -OCH3 is 1. The molecule has 0 saturated heterocycles. The van der Waals surface area contributed by atoms with E-state index in [0.29, 0.717) is 29.1 Å². The Morgan fingerprint density at radius 1 is 1.13 bits per heavy atom. The SMILES string of the molecule is COc1c(C23CC4CC(CC(C4)C2)C3)cc(C(=O)O)c(O)c1Cc1cc(=O)c(O)co1. The van der Waals surface area contributed by atoms with Gasteiger partial charge in [-0.05, 0) is 67.8 Å². The Kier molecular flexibility index (Phi) is 4.53. The van der Waals surface area contributed by atoms with Crippen LogP contribution in [0.1, 0.15) is 65.8 Å². The zero-order valence-electron chi connectivity index (χ0n) is 17.4. The quantitative estimate of drug-likeness (QED) is 0.665. The van der Waals surface area contributed by atoms with Gasteiger partial charge in [-0.15, -0.1) is 0 Å². The molecule has 4 aliphatic rings. The maximum absolute atomic E-state index is 12.0. The van der Waals surface area contributed by atoms with Gasteiger partial charge in [0.2, 0.25) is 5.43 Å². The lowest BCUT2D eigenvalue weighted by Crippen LogP contribution is -2.48. The molecule has 1 aromatic heterocycles. The molecule has 0 radical (unpaired) electrons. The summed E-state index contributed by atoms with van der Waals surface area (Å²) in [6, 6.07) is 2.74. The van der Waals surface area contributed by atoms with Crippen LogP contribution in [0.4, 0.5) is 0 Å². The van der Waals surface area contributed by atoms with E-state index in [1.165, 1.54) is 26.4 Å². The zero-order chi connectivity index (χ0) is 21.9. The van der Waals surface area contributed by atoms with Crippen molar-refractivity contribution in [3.05, 3.63) is 51.1 Å². The molecule has 1 aromatic carbocycles. The van der Waals surface area contributed by atoms with Gasteiger partial charge in [0, 0.05) is 23.6 Å². The van der Waals surface area contributed by atoms with Crippen LogP contribution >= 0.6 is 0 Å². The van der Waals surface area contributed by atoms with Crippen LogP contribution in [0.3, 0.4) is 0 Å². The third-order valence-electron chi connectivity index (χ3n) is 7.61. The normalized spacial score (nSPS) is 28.6. The fourth-order valence-corrected chi connectivity index (χ4v) is 6.82. The number of aromatic hydroxyl groups is 2. The Balaban J connectivity index is 1.67. The summed E-state index contributed by atoms with van der Waals surface area (Å²) in [5, 5.41) is 30.1. The molecule has 0 amide bonds. The van der Waals surface area contributed by atoms with E-state index in [0.717, 1.165) is 37.2 Å². The number of benzene rings is 1. The second-order valence-electron chi connectivity index (χ2n) is 9.61. The van der Waals surface area contributed by atoms with Crippen LogP contribution in [0.25, 0.3) is 0 Å². The summed E-state index contributed by atoms with van der Waals surface area (Å²) in [5.41, 5.74) is 0.225. The van der Waals surface area contributed by atoms with Crippen molar-refractivity contribution in [2.75, 3.05) is 7.11 Å². The van der Waals surface area contributed by atoms with E-state index in [1.54, 1.807) is 6.07 Å². The molecule has 0 aliphatic heterocycles. The highest BCUT2D eigenvalue weighted by Crippen LogP contribution is 2.62. The van der Waals surface area contributed by atoms with Gasteiger partial charge in [0.1, 0.15) is 29.1 Å². The van der Waals surface area contributed by atoms with Gasteiger partial charge >= 0.3 is 5.97 Å². The summed E-state index contributed by atoms with van der Waals surface area (Å²) in [6.07, 6.45) is 7.69. The van der Waals surface area contributed by atoms with E-state index >= 15 is 0 Å². The average Bonchev–Trinajstić information content (AvgIpc) is 2.70. The van der Waals surface area contributed by atoms with E-state index in [1.807, 2.05) is 0 Å². The van der Waals surface area contributed by atoms with E-state index < -0.39 is 17.1 Å².